The molecule has 0 unspecified atom stereocenters. The predicted molar refractivity (Wildman–Crippen MR) is 146 cm³/mol. The molecule has 0 radical (unpaired) electrons. The van der Waals surface area contributed by atoms with Crippen molar-refractivity contribution in [2.45, 2.75) is 59.1 Å². The number of hydrogen-bond donors (Lipinski definition) is 2. The van der Waals surface area contributed by atoms with Crippen molar-refractivity contribution in [3.63, 3.8) is 0 Å². The zero-order valence-electron chi connectivity index (χ0n) is 20.7. The van der Waals surface area contributed by atoms with Gasteiger partial charge in [-0.3, -0.25) is 14.7 Å². The molecule has 0 atom stereocenters. The van der Waals surface area contributed by atoms with Crippen LogP contribution in [0.2, 0.25) is 0 Å². The minimum atomic E-state index is 0. The van der Waals surface area contributed by atoms with Gasteiger partial charge in [-0.25, -0.2) is 0 Å². The van der Waals surface area contributed by atoms with Crippen LogP contribution >= 0.6 is 24.0 Å². The van der Waals surface area contributed by atoms with Crippen LogP contribution in [-0.2, 0) is 11.3 Å². The van der Waals surface area contributed by atoms with Gasteiger partial charge in [0.25, 0.3) is 0 Å². The summed E-state index contributed by atoms with van der Waals surface area (Å²) in [5, 5.41) is 6.81. The topological polar surface area (TPSA) is 69.2 Å². The zero-order valence-corrected chi connectivity index (χ0v) is 23.1. The van der Waals surface area contributed by atoms with Gasteiger partial charge in [0.1, 0.15) is 5.75 Å². The first-order valence-corrected chi connectivity index (χ1v) is 12.2. The van der Waals surface area contributed by atoms with Crippen molar-refractivity contribution in [1.29, 1.82) is 0 Å². The summed E-state index contributed by atoms with van der Waals surface area (Å²) < 4.78 is 5.98. The van der Waals surface area contributed by atoms with Crippen LogP contribution in [-0.4, -0.2) is 74.1 Å². The zero-order chi connectivity index (χ0) is 22.9. The summed E-state index contributed by atoms with van der Waals surface area (Å²) in [6.45, 7) is 12.2. The van der Waals surface area contributed by atoms with E-state index in [-0.39, 0.29) is 36.0 Å². The van der Waals surface area contributed by atoms with Crippen molar-refractivity contribution < 1.29 is 9.53 Å². The minimum Gasteiger partial charge on any atom is -0.491 e. The number of hydrogen-bond acceptors (Lipinski definition) is 4. The van der Waals surface area contributed by atoms with Crippen molar-refractivity contribution in [3.05, 3.63) is 29.3 Å². The Kier molecular flexibility index (Phi) is 11.7. The molecule has 8 heteroatoms. The van der Waals surface area contributed by atoms with E-state index in [9.17, 15) is 4.79 Å². The van der Waals surface area contributed by atoms with Gasteiger partial charge in [0.2, 0.25) is 5.91 Å². The fraction of sp³-hybridized carbons (Fsp3) is 0.680. The highest BCUT2D eigenvalue weighted by Crippen LogP contribution is 2.27. The fourth-order valence-electron chi connectivity index (χ4n) is 4.53. The van der Waals surface area contributed by atoms with E-state index in [0.29, 0.717) is 12.5 Å². The first kappa shape index (κ1) is 27.7. The van der Waals surface area contributed by atoms with Gasteiger partial charge in [-0.2, -0.15) is 0 Å². The Morgan fingerprint density at radius 1 is 1.15 bits per heavy atom. The molecule has 1 aliphatic heterocycles. The van der Waals surface area contributed by atoms with Gasteiger partial charge in [-0.15, -0.1) is 24.0 Å². The normalized spacial score (nSPS) is 17.7. The van der Waals surface area contributed by atoms with Crippen LogP contribution in [0.15, 0.2) is 23.2 Å². The van der Waals surface area contributed by atoms with E-state index in [0.717, 1.165) is 69.4 Å². The van der Waals surface area contributed by atoms with Crippen LogP contribution in [0.3, 0.4) is 0 Å². The molecule has 7 nitrogen and oxygen atoms in total. The average molecular weight is 572 g/mol. The maximum absolute atomic E-state index is 12.6. The van der Waals surface area contributed by atoms with Crippen LogP contribution < -0.4 is 15.4 Å². The Morgan fingerprint density at radius 3 is 2.48 bits per heavy atom. The molecule has 3 rings (SSSR count). The molecule has 0 spiro atoms. The Bertz CT molecular complexity index is 772. The first-order chi connectivity index (χ1) is 15.5. The standard InChI is InChI=1S/C25H41N5O2.HI/c1-19(2)32-23-17-20(3)9-10-22(23)18-28-25(26-4)27-11-12-29-13-15-30(16-14-29)24(31)21-7-5-6-8-21;/h9-10,17,19,21H,5-8,11-16,18H2,1-4H3,(H2,26,27,28);1H. The van der Waals surface area contributed by atoms with Gasteiger partial charge in [-0.05, 0) is 45.2 Å². The molecule has 0 aromatic heterocycles. The molecule has 2 fully saturated rings. The van der Waals surface area contributed by atoms with E-state index < -0.39 is 0 Å². The number of nitrogens with one attached hydrogen (secondary N) is 2. The second kappa shape index (κ2) is 14.0. The molecule has 2 N–H and O–H groups in total. The number of ether oxygens (including phenoxy) is 1. The minimum absolute atomic E-state index is 0. The molecule has 2 aliphatic rings. The van der Waals surface area contributed by atoms with Gasteiger partial charge in [0, 0.05) is 64.3 Å². The largest absolute Gasteiger partial charge is 0.491 e. The summed E-state index contributed by atoms with van der Waals surface area (Å²) in [5.74, 6) is 2.39. The van der Waals surface area contributed by atoms with E-state index in [4.69, 9.17) is 4.74 Å². The number of benzene rings is 1. The smallest absolute Gasteiger partial charge is 0.225 e. The molecule has 186 valence electrons. The summed E-state index contributed by atoms with van der Waals surface area (Å²) >= 11 is 0. The van der Waals surface area contributed by atoms with Crippen LogP contribution in [0.4, 0.5) is 0 Å². The van der Waals surface area contributed by atoms with Gasteiger partial charge in [0.15, 0.2) is 5.96 Å². The Labute approximate surface area is 216 Å². The number of aryl methyl sites for hydroxylation is 1. The molecule has 1 saturated carbocycles. The number of amides is 1. The summed E-state index contributed by atoms with van der Waals surface area (Å²) in [5.41, 5.74) is 2.31. The Balaban J connectivity index is 0.00000385. The van der Waals surface area contributed by atoms with Crippen LogP contribution in [0.1, 0.15) is 50.7 Å². The van der Waals surface area contributed by atoms with Crippen molar-refractivity contribution in [3.8, 4) is 5.75 Å². The van der Waals surface area contributed by atoms with E-state index in [2.05, 4.69) is 50.5 Å². The number of carbonyl (C=O) groups is 1. The van der Waals surface area contributed by atoms with E-state index in [1.807, 2.05) is 13.8 Å². The lowest BCUT2D eigenvalue weighted by Crippen LogP contribution is -2.51. The van der Waals surface area contributed by atoms with Crippen molar-refractivity contribution in [2.24, 2.45) is 10.9 Å². The molecule has 1 heterocycles. The third-order valence-corrected chi connectivity index (χ3v) is 6.36. The quantitative estimate of drug-likeness (QED) is 0.285. The maximum atomic E-state index is 12.6. The monoisotopic (exact) mass is 571 g/mol. The molecular weight excluding hydrogens is 529 g/mol. The second-order valence-electron chi connectivity index (χ2n) is 9.28. The molecule has 1 aromatic rings. The summed E-state index contributed by atoms with van der Waals surface area (Å²) in [6, 6.07) is 6.31. The fourth-order valence-corrected chi connectivity index (χ4v) is 4.53. The van der Waals surface area contributed by atoms with Gasteiger partial charge >= 0.3 is 0 Å². The Morgan fingerprint density at radius 2 is 1.85 bits per heavy atom. The number of nitrogens with zero attached hydrogens (tertiary/aromatic N) is 3. The molecule has 1 aromatic carbocycles. The maximum Gasteiger partial charge on any atom is 0.225 e. The number of rotatable bonds is 8. The SMILES string of the molecule is CN=C(NCCN1CCN(C(=O)C2CCCC2)CC1)NCc1ccc(C)cc1OC(C)C.I. The second-order valence-corrected chi connectivity index (χ2v) is 9.28. The van der Waals surface area contributed by atoms with Crippen LogP contribution in [0.25, 0.3) is 0 Å². The molecule has 0 bridgehead atoms. The van der Waals surface area contributed by atoms with E-state index in [1.165, 1.54) is 18.4 Å². The highest BCUT2D eigenvalue weighted by Gasteiger charge is 2.29. The summed E-state index contributed by atoms with van der Waals surface area (Å²) in [7, 11) is 1.80. The van der Waals surface area contributed by atoms with Gasteiger partial charge < -0.3 is 20.3 Å². The van der Waals surface area contributed by atoms with E-state index >= 15 is 0 Å². The number of piperazine rings is 1. The molecule has 1 amide bonds. The number of aliphatic imine (C=N–C) groups is 1. The third kappa shape index (κ3) is 8.63. The molecular formula is C25H42IN5O2. The Hall–Kier alpha value is -1.55. The molecule has 1 aliphatic carbocycles. The third-order valence-electron chi connectivity index (χ3n) is 6.36. The van der Waals surface area contributed by atoms with Crippen molar-refractivity contribution in [2.75, 3.05) is 46.3 Å². The lowest BCUT2D eigenvalue weighted by molar-refractivity contribution is -0.137. The highest BCUT2D eigenvalue weighted by molar-refractivity contribution is 14.0. The van der Waals surface area contributed by atoms with Crippen molar-refractivity contribution >= 4 is 35.8 Å². The lowest BCUT2D eigenvalue weighted by Gasteiger charge is -2.36. The van der Waals surface area contributed by atoms with Crippen molar-refractivity contribution in [1.82, 2.24) is 20.4 Å². The van der Waals surface area contributed by atoms with Crippen LogP contribution in [0.5, 0.6) is 5.75 Å². The summed E-state index contributed by atoms with van der Waals surface area (Å²) in [6.07, 6.45) is 4.74. The van der Waals surface area contributed by atoms with E-state index in [1.54, 1.807) is 7.05 Å². The highest BCUT2D eigenvalue weighted by atomic mass is 127. The average Bonchev–Trinajstić information content (AvgIpc) is 3.32. The van der Waals surface area contributed by atoms with Gasteiger partial charge in [0.05, 0.1) is 6.10 Å². The number of carbonyl (C=O) groups excluding carboxylic acids is 1. The predicted octanol–water partition coefficient (Wildman–Crippen LogP) is 3.40. The lowest BCUT2D eigenvalue weighted by atomic mass is 10.1. The van der Waals surface area contributed by atoms with Gasteiger partial charge in [-0.1, -0.05) is 25.0 Å². The number of guanidine groups is 1. The number of halogens is 1. The van der Waals surface area contributed by atoms with Crippen LogP contribution in [0, 0.1) is 12.8 Å². The molecule has 33 heavy (non-hydrogen) atoms. The molecule has 1 saturated heterocycles. The first-order valence-electron chi connectivity index (χ1n) is 12.2. The summed E-state index contributed by atoms with van der Waals surface area (Å²) in [4.78, 5) is 21.5.